The predicted octanol–water partition coefficient (Wildman–Crippen LogP) is 3.57. The molecule has 1 aliphatic rings. The van der Waals surface area contributed by atoms with Crippen LogP contribution in [0.5, 0.6) is 11.5 Å². The van der Waals surface area contributed by atoms with Gasteiger partial charge < -0.3 is 29.8 Å². The van der Waals surface area contributed by atoms with Gasteiger partial charge in [-0.15, -0.1) is 24.8 Å². The van der Waals surface area contributed by atoms with Gasteiger partial charge in [-0.1, -0.05) is 19.9 Å². The van der Waals surface area contributed by atoms with Crippen molar-refractivity contribution in [2.24, 2.45) is 17.6 Å². The molecule has 0 unspecified atom stereocenters. The maximum Gasteiger partial charge on any atom is 0.161 e. The summed E-state index contributed by atoms with van der Waals surface area (Å²) in [6, 6.07) is 5.87. The van der Waals surface area contributed by atoms with Crippen LogP contribution in [0.1, 0.15) is 38.7 Å². The second-order valence-corrected chi connectivity index (χ2v) is 9.26. The van der Waals surface area contributed by atoms with Crippen LogP contribution < -0.4 is 15.2 Å². The number of hydrogen-bond donors (Lipinski definition) is 2. The van der Waals surface area contributed by atoms with E-state index in [1.54, 1.807) is 21.3 Å². The van der Waals surface area contributed by atoms with Crippen LogP contribution in [0.3, 0.4) is 0 Å². The molecule has 0 bridgehead atoms. The molecule has 1 fully saturated rings. The molecule has 3 N–H and O–H groups in total. The van der Waals surface area contributed by atoms with Crippen molar-refractivity contribution in [3.63, 3.8) is 0 Å². The third-order valence-corrected chi connectivity index (χ3v) is 6.50. The van der Waals surface area contributed by atoms with Crippen LogP contribution in [0.4, 0.5) is 0 Å². The molecule has 7 nitrogen and oxygen atoms in total. The summed E-state index contributed by atoms with van der Waals surface area (Å²) in [6.45, 7) is 8.12. The number of benzene rings is 1. The lowest BCUT2D eigenvalue weighted by Gasteiger charge is -2.29. The van der Waals surface area contributed by atoms with Gasteiger partial charge in [-0.3, -0.25) is 4.90 Å². The number of rotatable bonds is 15. The Hall–Kier alpha value is -0.800. The summed E-state index contributed by atoms with van der Waals surface area (Å²) in [5.41, 5.74) is 7.65. The second kappa shape index (κ2) is 17.6. The number of ether oxygens (including phenoxy) is 4. The number of β-amino-alcohol motifs (C(OH)–C–C–N with tert-alkyl or cyclic N) is 1. The average molecular weight is 526 g/mol. The Kier molecular flexibility index (Phi) is 17.2. The Labute approximate surface area is 218 Å². The minimum Gasteiger partial charge on any atom is -0.493 e. The zero-order valence-electron chi connectivity index (χ0n) is 21.4. The van der Waals surface area contributed by atoms with Crippen molar-refractivity contribution < 1.29 is 24.1 Å². The lowest BCUT2D eigenvalue weighted by atomic mass is 9.83. The highest BCUT2D eigenvalue weighted by Crippen LogP contribution is 2.31. The van der Waals surface area contributed by atoms with Gasteiger partial charge in [0.25, 0.3) is 0 Å². The van der Waals surface area contributed by atoms with Crippen LogP contribution in [0.2, 0.25) is 0 Å². The van der Waals surface area contributed by atoms with Crippen molar-refractivity contribution in [1.82, 2.24) is 4.90 Å². The van der Waals surface area contributed by atoms with E-state index < -0.39 is 6.10 Å². The van der Waals surface area contributed by atoms with Crippen LogP contribution >= 0.6 is 24.8 Å². The van der Waals surface area contributed by atoms with E-state index in [9.17, 15) is 5.11 Å². The van der Waals surface area contributed by atoms with E-state index in [1.165, 1.54) is 5.56 Å². The molecule has 9 heteroatoms. The Morgan fingerprint density at radius 1 is 1.12 bits per heavy atom. The molecule has 34 heavy (non-hydrogen) atoms. The lowest BCUT2D eigenvalue weighted by molar-refractivity contribution is 0.0727. The van der Waals surface area contributed by atoms with E-state index >= 15 is 0 Å². The zero-order chi connectivity index (χ0) is 23.5. The normalized spacial score (nSPS) is 18.6. The molecular weight excluding hydrogens is 479 g/mol. The fourth-order valence-electron chi connectivity index (χ4n) is 4.30. The highest BCUT2D eigenvalue weighted by atomic mass is 35.5. The minimum atomic E-state index is -0.539. The number of hydrogen-bond acceptors (Lipinski definition) is 7. The van der Waals surface area contributed by atoms with Gasteiger partial charge in [0, 0.05) is 52.9 Å². The first-order valence-electron chi connectivity index (χ1n) is 11.8. The molecule has 0 saturated carbocycles. The highest BCUT2D eigenvalue weighted by molar-refractivity contribution is 5.85. The molecule has 1 aliphatic heterocycles. The molecule has 1 aromatic carbocycles. The van der Waals surface area contributed by atoms with Crippen LogP contribution in [-0.2, 0) is 15.9 Å². The molecule has 0 aliphatic carbocycles. The Morgan fingerprint density at radius 3 is 2.44 bits per heavy atom. The largest absolute Gasteiger partial charge is 0.493 e. The first-order valence-corrected chi connectivity index (χ1v) is 11.8. The van der Waals surface area contributed by atoms with Crippen LogP contribution in [-0.4, -0.2) is 82.4 Å². The lowest BCUT2D eigenvalue weighted by Crippen LogP contribution is -2.44. The van der Waals surface area contributed by atoms with Crippen molar-refractivity contribution in [2.45, 2.75) is 57.8 Å². The fourth-order valence-corrected chi connectivity index (χ4v) is 4.30. The van der Waals surface area contributed by atoms with Crippen LogP contribution in [0, 0.1) is 11.8 Å². The average Bonchev–Trinajstić information content (AvgIpc) is 3.23. The van der Waals surface area contributed by atoms with E-state index in [1.807, 2.05) is 6.07 Å². The molecule has 0 aromatic heterocycles. The molecule has 0 spiro atoms. The topological polar surface area (TPSA) is 86.4 Å². The van der Waals surface area contributed by atoms with Gasteiger partial charge in [0.2, 0.25) is 0 Å². The number of halogens is 2. The van der Waals surface area contributed by atoms with Crippen LogP contribution in [0.15, 0.2) is 18.2 Å². The smallest absolute Gasteiger partial charge is 0.161 e. The maximum atomic E-state index is 10.7. The predicted molar refractivity (Wildman–Crippen MR) is 142 cm³/mol. The Bertz CT molecular complexity index is 668. The third-order valence-electron chi connectivity index (χ3n) is 6.50. The van der Waals surface area contributed by atoms with Crippen molar-refractivity contribution in [1.29, 1.82) is 0 Å². The number of aliphatic hydroxyl groups excluding tert-OH is 1. The SMILES string of the molecule is COCCCOc1cc(C[C@@H](C[C@H](N)[C@@H](O)CN2CC[C@H](OC)C2)C(C)C)ccc1OC.Cl.Cl. The summed E-state index contributed by atoms with van der Waals surface area (Å²) >= 11 is 0. The third kappa shape index (κ3) is 10.9. The molecule has 200 valence electrons. The van der Waals surface area contributed by atoms with Crippen LogP contribution in [0.25, 0.3) is 0 Å². The molecule has 0 radical (unpaired) electrons. The van der Waals surface area contributed by atoms with Gasteiger partial charge in [-0.25, -0.2) is 0 Å². The van der Waals surface area contributed by atoms with Crippen molar-refractivity contribution in [2.75, 3.05) is 54.2 Å². The van der Waals surface area contributed by atoms with Crippen molar-refractivity contribution in [3.8, 4) is 11.5 Å². The molecule has 4 atom stereocenters. The van der Waals surface area contributed by atoms with E-state index in [4.69, 9.17) is 24.7 Å². The summed E-state index contributed by atoms with van der Waals surface area (Å²) in [5, 5.41) is 10.7. The first kappa shape index (κ1) is 33.2. The number of nitrogens with two attached hydrogens (primary N) is 1. The maximum absolute atomic E-state index is 10.7. The summed E-state index contributed by atoms with van der Waals surface area (Å²) in [4.78, 5) is 2.25. The number of methoxy groups -OCH3 is 3. The Balaban J connectivity index is 0.00000544. The summed E-state index contributed by atoms with van der Waals surface area (Å²) < 4.78 is 21.9. The van der Waals surface area contributed by atoms with Gasteiger partial charge in [0.15, 0.2) is 11.5 Å². The van der Waals surface area contributed by atoms with Gasteiger partial charge in [-0.2, -0.15) is 0 Å². The minimum absolute atomic E-state index is 0. The van der Waals surface area contributed by atoms with Gasteiger partial charge in [0.05, 0.1) is 25.9 Å². The molecular formula is C25H46Cl2N2O5. The van der Waals surface area contributed by atoms with E-state index in [-0.39, 0.29) is 37.0 Å². The number of nitrogens with zero attached hydrogens (tertiary/aromatic N) is 1. The molecule has 1 heterocycles. The zero-order valence-corrected chi connectivity index (χ0v) is 23.0. The Morgan fingerprint density at radius 2 is 1.85 bits per heavy atom. The monoisotopic (exact) mass is 524 g/mol. The van der Waals surface area contributed by atoms with E-state index in [0.29, 0.717) is 31.6 Å². The quantitative estimate of drug-likeness (QED) is 0.339. The van der Waals surface area contributed by atoms with Crippen molar-refractivity contribution in [3.05, 3.63) is 23.8 Å². The van der Waals surface area contributed by atoms with Gasteiger partial charge in [-0.05, 0) is 48.8 Å². The highest BCUT2D eigenvalue weighted by Gasteiger charge is 2.28. The van der Waals surface area contributed by atoms with E-state index in [0.717, 1.165) is 50.3 Å². The van der Waals surface area contributed by atoms with E-state index in [2.05, 4.69) is 30.9 Å². The molecule has 2 rings (SSSR count). The first-order chi connectivity index (χ1) is 15.4. The van der Waals surface area contributed by atoms with Gasteiger partial charge in [0.1, 0.15) is 0 Å². The molecule has 1 aromatic rings. The van der Waals surface area contributed by atoms with Crippen molar-refractivity contribution >= 4 is 24.8 Å². The number of aliphatic hydroxyl groups is 1. The molecule has 0 amide bonds. The summed E-state index contributed by atoms with van der Waals surface area (Å²) in [7, 11) is 5.10. The fraction of sp³-hybridized carbons (Fsp3) is 0.760. The number of likely N-dealkylation sites (tertiary alicyclic amines) is 1. The standard InChI is InChI=1S/C25H44N2O5.2ClH/c1-18(2)20(15-22(26)23(28)17-27-10-9-21(16-27)30-4)13-19-7-8-24(31-5)25(14-19)32-12-6-11-29-3;;/h7-8,14,18,20-23,28H,6,9-13,15-17,26H2,1-5H3;2*1H/t20-,21-,22-,23-;;/m0../s1. The second-order valence-electron chi connectivity index (χ2n) is 9.26. The summed E-state index contributed by atoms with van der Waals surface area (Å²) in [5.74, 6) is 2.31. The van der Waals surface area contributed by atoms with Gasteiger partial charge >= 0.3 is 0 Å². The summed E-state index contributed by atoms with van der Waals surface area (Å²) in [6.07, 6.45) is 3.22. The molecule has 1 saturated heterocycles.